The first-order valence-electron chi connectivity index (χ1n) is 10.6. The van der Waals surface area contributed by atoms with E-state index in [4.69, 9.17) is 0 Å². The summed E-state index contributed by atoms with van der Waals surface area (Å²) in [5.41, 5.74) is 1.94. The van der Waals surface area contributed by atoms with Crippen molar-refractivity contribution >= 4 is 47.4 Å². The Kier molecular flexibility index (Phi) is 6.31. The average Bonchev–Trinajstić information content (AvgIpc) is 3.51. The van der Waals surface area contributed by atoms with Crippen LogP contribution < -0.4 is 10.6 Å². The zero-order chi connectivity index (χ0) is 20.7. The molecule has 0 radical (unpaired) electrons. The maximum atomic E-state index is 12.7. The zero-order valence-electron chi connectivity index (χ0n) is 17.4. The summed E-state index contributed by atoms with van der Waals surface area (Å²) in [6, 6.07) is 5.93. The second kappa shape index (κ2) is 8.97. The summed E-state index contributed by atoms with van der Waals surface area (Å²) in [4.78, 5) is 35.7. The van der Waals surface area contributed by atoms with E-state index in [0.717, 1.165) is 24.2 Å². The Hall–Kier alpha value is -2.43. The summed E-state index contributed by atoms with van der Waals surface area (Å²) in [6.07, 6.45) is 9.97. The van der Waals surface area contributed by atoms with Crippen molar-refractivity contribution in [2.45, 2.75) is 12.8 Å². The SMILES string of the molecule is CN=C(NCCc1cn2ccccc2n1)NCCN1C(=O)C2C3C=CC(C3)C2C1=O.I. The fourth-order valence-corrected chi connectivity index (χ4v) is 5.11. The van der Waals surface area contributed by atoms with Crippen molar-refractivity contribution < 1.29 is 9.59 Å². The molecule has 2 aromatic rings. The van der Waals surface area contributed by atoms with E-state index in [9.17, 15) is 9.59 Å². The minimum absolute atomic E-state index is 0. The largest absolute Gasteiger partial charge is 0.356 e. The predicted molar refractivity (Wildman–Crippen MR) is 128 cm³/mol. The van der Waals surface area contributed by atoms with Gasteiger partial charge in [-0.05, 0) is 30.4 Å². The number of rotatable bonds is 6. The number of hydrogen-bond donors (Lipinski definition) is 2. The number of imide groups is 1. The van der Waals surface area contributed by atoms with Crippen LogP contribution in [0.25, 0.3) is 5.65 Å². The minimum Gasteiger partial charge on any atom is -0.356 e. The number of likely N-dealkylation sites (tertiary alicyclic amines) is 1. The lowest BCUT2D eigenvalue weighted by Crippen LogP contribution is -2.44. The molecule has 1 saturated carbocycles. The molecular formula is C22H27IN6O2. The third kappa shape index (κ3) is 3.95. The molecule has 2 amide bonds. The number of hydrogen-bond acceptors (Lipinski definition) is 4. The number of nitrogens with one attached hydrogen (secondary N) is 2. The Morgan fingerprint density at radius 1 is 1.13 bits per heavy atom. The number of imidazole rings is 1. The maximum absolute atomic E-state index is 12.7. The number of carbonyl (C=O) groups is 2. The third-order valence-corrected chi connectivity index (χ3v) is 6.50. The van der Waals surface area contributed by atoms with Crippen molar-refractivity contribution in [3.63, 3.8) is 0 Å². The molecule has 164 valence electrons. The second-order valence-corrected chi connectivity index (χ2v) is 8.20. The molecule has 2 aliphatic carbocycles. The van der Waals surface area contributed by atoms with Gasteiger partial charge < -0.3 is 15.0 Å². The lowest BCUT2D eigenvalue weighted by Gasteiger charge is -2.18. The van der Waals surface area contributed by atoms with E-state index in [1.807, 2.05) is 35.0 Å². The van der Waals surface area contributed by atoms with E-state index >= 15 is 0 Å². The number of allylic oxidation sites excluding steroid dienone is 2. The van der Waals surface area contributed by atoms with Gasteiger partial charge in [0.2, 0.25) is 11.8 Å². The maximum Gasteiger partial charge on any atom is 0.233 e. The Labute approximate surface area is 198 Å². The van der Waals surface area contributed by atoms with Crippen LogP contribution in [0.3, 0.4) is 0 Å². The minimum atomic E-state index is -0.129. The van der Waals surface area contributed by atoms with Gasteiger partial charge in [0, 0.05) is 45.5 Å². The molecule has 8 nitrogen and oxygen atoms in total. The molecule has 4 atom stereocenters. The monoisotopic (exact) mass is 534 g/mol. The molecule has 0 aromatic carbocycles. The summed E-state index contributed by atoms with van der Waals surface area (Å²) in [5, 5.41) is 6.47. The predicted octanol–water partition coefficient (Wildman–Crippen LogP) is 1.47. The standard InChI is InChI=1S/C22H26N6O2.HI/c1-23-22(24-8-7-16-13-27-10-3-2-4-17(27)26-16)25-9-11-28-20(29)18-14-5-6-15(12-14)19(18)21(28)30;/h2-6,10,13-15,18-19H,7-9,11-12H2,1H3,(H2,23,24,25);1H. The van der Waals surface area contributed by atoms with E-state index in [0.29, 0.717) is 25.6 Å². The molecule has 3 aliphatic rings. The highest BCUT2D eigenvalue weighted by Crippen LogP contribution is 2.52. The van der Waals surface area contributed by atoms with Crippen molar-refractivity contribution in [2.75, 3.05) is 26.7 Å². The molecule has 31 heavy (non-hydrogen) atoms. The highest BCUT2D eigenvalue weighted by molar-refractivity contribution is 14.0. The number of fused-ring (bicyclic) bond motifs is 6. The highest BCUT2D eigenvalue weighted by atomic mass is 127. The van der Waals surface area contributed by atoms with Crippen LogP contribution in [0, 0.1) is 23.7 Å². The average molecular weight is 534 g/mol. The molecule has 0 spiro atoms. The quantitative estimate of drug-likeness (QED) is 0.193. The molecule has 2 fully saturated rings. The molecular weight excluding hydrogens is 507 g/mol. The van der Waals surface area contributed by atoms with E-state index < -0.39 is 0 Å². The first-order valence-corrected chi connectivity index (χ1v) is 10.6. The van der Waals surface area contributed by atoms with Crippen LogP contribution in [0.15, 0.2) is 47.7 Å². The Balaban J connectivity index is 0.00000231. The summed E-state index contributed by atoms with van der Waals surface area (Å²) in [6.45, 7) is 1.54. The number of amides is 2. The molecule has 1 saturated heterocycles. The fraction of sp³-hybridized carbons (Fsp3) is 0.455. The first-order chi connectivity index (χ1) is 14.7. The van der Waals surface area contributed by atoms with E-state index in [1.54, 1.807) is 7.05 Å². The first kappa shape index (κ1) is 21.8. The van der Waals surface area contributed by atoms with E-state index in [2.05, 4.69) is 32.8 Å². The number of aromatic nitrogens is 2. The fourth-order valence-electron chi connectivity index (χ4n) is 5.11. The van der Waals surface area contributed by atoms with Crippen LogP contribution in [0.1, 0.15) is 12.1 Å². The van der Waals surface area contributed by atoms with Gasteiger partial charge in [-0.3, -0.25) is 19.5 Å². The van der Waals surface area contributed by atoms with E-state index in [-0.39, 0.29) is 59.5 Å². The molecule has 3 heterocycles. The molecule has 1 aliphatic heterocycles. The van der Waals surface area contributed by atoms with Gasteiger partial charge >= 0.3 is 0 Å². The van der Waals surface area contributed by atoms with Gasteiger partial charge in [0.15, 0.2) is 5.96 Å². The Morgan fingerprint density at radius 2 is 1.84 bits per heavy atom. The van der Waals surface area contributed by atoms with Crippen molar-refractivity contribution in [1.82, 2.24) is 24.9 Å². The Morgan fingerprint density at radius 3 is 2.52 bits per heavy atom. The van der Waals surface area contributed by atoms with Gasteiger partial charge in [0.25, 0.3) is 0 Å². The third-order valence-electron chi connectivity index (χ3n) is 6.50. The molecule has 9 heteroatoms. The molecule has 4 unspecified atom stereocenters. The number of guanidine groups is 1. The van der Waals surface area contributed by atoms with Gasteiger partial charge in [0.1, 0.15) is 5.65 Å². The van der Waals surface area contributed by atoms with Crippen molar-refractivity contribution in [1.29, 1.82) is 0 Å². The molecule has 5 rings (SSSR count). The number of nitrogens with zero attached hydrogens (tertiary/aromatic N) is 4. The van der Waals surface area contributed by atoms with Crippen LogP contribution in [-0.2, 0) is 16.0 Å². The normalized spacial score (nSPS) is 26.5. The van der Waals surface area contributed by atoms with Crippen LogP contribution in [0.4, 0.5) is 0 Å². The smallest absolute Gasteiger partial charge is 0.233 e. The lowest BCUT2D eigenvalue weighted by molar-refractivity contribution is -0.140. The summed E-state index contributed by atoms with van der Waals surface area (Å²) < 4.78 is 2.00. The number of pyridine rings is 1. The second-order valence-electron chi connectivity index (χ2n) is 8.20. The highest BCUT2D eigenvalue weighted by Gasteiger charge is 2.58. The van der Waals surface area contributed by atoms with E-state index in [1.165, 1.54) is 4.90 Å². The van der Waals surface area contributed by atoms with Crippen LogP contribution in [-0.4, -0.2) is 58.7 Å². The van der Waals surface area contributed by atoms with Crippen molar-refractivity contribution in [3.8, 4) is 0 Å². The number of carbonyl (C=O) groups excluding carboxylic acids is 2. The van der Waals surface area contributed by atoms with Crippen LogP contribution >= 0.6 is 24.0 Å². The van der Waals surface area contributed by atoms with Crippen LogP contribution in [0.5, 0.6) is 0 Å². The number of halogens is 1. The lowest BCUT2D eigenvalue weighted by atomic mass is 9.85. The van der Waals surface area contributed by atoms with Crippen molar-refractivity contribution in [2.24, 2.45) is 28.7 Å². The number of aliphatic imine (C=N–C) groups is 1. The van der Waals surface area contributed by atoms with Gasteiger partial charge in [-0.2, -0.15) is 0 Å². The molecule has 2 bridgehead atoms. The zero-order valence-corrected chi connectivity index (χ0v) is 19.7. The van der Waals surface area contributed by atoms with Crippen LogP contribution in [0.2, 0.25) is 0 Å². The summed E-state index contributed by atoms with van der Waals surface area (Å²) in [5.74, 6) is 0.898. The van der Waals surface area contributed by atoms with Gasteiger partial charge in [-0.15, -0.1) is 24.0 Å². The molecule has 2 N–H and O–H groups in total. The summed E-state index contributed by atoms with van der Waals surface area (Å²) in [7, 11) is 1.71. The summed E-state index contributed by atoms with van der Waals surface area (Å²) >= 11 is 0. The Bertz CT molecular complexity index is 985. The topological polar surface area (TPSA) is 91.1 Å². The van der Waals surface area contributed by atoms with Gasteiger partial charge in [-0.25, -0.2) is 4.98 Å². The molecule has 2 aromatic heterocycles. The van der Waals surface area contributed by atoms with Gasteiger partial charge in [0.05, 0.1) is 17.5 Å². The van der Waals surface area contributed by atoms with Gasteiger partial charge in [-0.1, -0.05) is 18.2 Å². The van der Waals surface area contributed by atoms with Crippen molar-refractivity contribution in [3.05, 3.63) is 48.4 Å².